The number of rotatable bonds is 5. The Kier molecular flexibility index (Phi) is 3.10. The summed E-state index contributed by atoms with van der Waals surface area (Å²) in [6.07, 6.45) is 3.91. The summed E-state index contributed by atoms with van der Waals surface area (Å²) in [6.45, 7) is 0.643. The molecule has 0 radical (unpaired) electrons. The van der Waals surface area contributed by atoms with Crippen LogP contribution in [0.5, 0.6) is 0 Å². The molecule has 1 aliphatic carbocycles. The van der Waals surface area contributed by atoms with Crippen molar-refractivity contribution in [1.82, 2.24) is 0 Å². The molecule has 20 heavy (non-hydrogen) atoms. The maximum Gasteiger partial charge on any atom is 0.248 e. The highest BCUT2D eigenvalue weighted by Crippen LogP contribution is 2.36. The van der Waals surface area contributed by atoms with E-state index >= 15 is 0 Å². The van der Waals surface area contributed by atoms with Gasteiger partial charge in [0.2, 0.25) is 5.91 Å². The fraction of sp³-hybridized carbons (Fsp3) is 0.267. The molecule has 0 atom stereocenters. The van der Waals surface area contributed by atoms with Crippen molar-refractivity contribution in [3.8, 4) is 0 Å². The van der Waals surface area contributed by atoms with Gasteiger partial charge in [-0.05, 0) is 43.2 Å². The Labute approximate surface area is 117 Å². The van der Waals surface area contributed by atoms with Gasteiger partial charge in [0.1, 0.15) is 5.76 Å². The second-order valence-corrected chi connectivity index (χ2v) is 5.08. The molecule has 0 aliphatic heterocycles. The lowest BCUT2D eigenvalue weighted by Gasteiger charge is -2.25. The maximum absolute atomic E-state index is 11.3. The molecule has 1 aromatic heterocycles. The van der Waals surface area contributed by atoms with Gasteiger partial charge in [-0.15, -0.1) is 0 Å². The van der Waals surface area contributed by atoms with Crippen LogP contribution in [0.25, 0.3) is 0 Å². The average Bonchev–Trinajstić information content (AvgIpc) is 3.14. The molecule has 104 valence electrons. The van der Waals surface area contributed by atoms with Crippen LogP contribution in [0.3, 0.4) is 0 Å². The second-order valence-electron chi connectivity index (χ2n) is 5.08. The number of amides is 1. The number of benzene rings is 1. The molecule has 4 N–H and O–H groups in total. The van der Waals surface area contributed by atoms with Gasteiger partial charge in [0.25, 0.3) is 0 Å². The maximum atomic E-state index is 11.3. The second kappa shape index (κ2) is 4.92. The molecule has 1 aliphatic rings. The molecule has 1 amide bonds. The predicted octanol–water partition coefficient (Wildman–Crippen LogP) is 2.13. The van der Waals surface area contributed by atoms with Gasteiger partial charge in [-0.2, -0.15) is 0 Å². The molecular formula is C15H17N3O2. The Balaban J connectivity index is 1.94. The average molecular weight is 271 g/mol. The van der Waals surface area contributed by atoms with Gasteiger partial charge in [0.15, 0.2) is 0 Å². The van der Waals surface area contributed by atoms with E-state index in [0.717, 1.165) is 24.3 Å². The Bertz CT molecular complexity index is 618. The molecule has 1 saturated carbocycles. The van der Waals surface area contributed by atoms with Crippen molar-refractivity contribution < 1.29 is 9.21 Å². The fourth-order valence-electron chi connectivity index (χ4n) is 2.31. The highest BCUT2D eigenvalue weighted by molar-refractivity contribution is 5.95. The molecule has 2 aromatic rings. The molecule has 1 heterocycles. The van der Waals surface area contributed by atoms with Crippen molar-refractivity contribution in [2.45, 2.75) is 25.4 Å². The Morgan fingerprint density at radius 3 is 2.75 bits per heavy atom. The first-order chi connectivity index (χ1) is 9.65. The van der Waals surface area contributed by atoms with E-state index in [4.69, 9.17) is 15.9 Å². The summed E-state index contributed by atoms with van der Waals surface area (Å²) in [4.78, 5) is 13.5. The van der Waals surface area contributed by atoms with Crippen LogP contribution in [0.4, 0.5) is 11.4 Å². The molecule has 5 heteroatoms. The van der Waals surface area contributed by atoms with Crippen molar-refractivity contribution in [2.24, 2.45) is 5.73 Å². The monoisotopic (exact) mass is 271 g/mol. The molecule has 1 fully saturated rings. The van der Waals surface area contributed by atoms with E-state index in [2.05, 4.69) is 4.90 Å². The zero-order chi connectivity index (χ0) is 14.1. The van der Waals surface area contributed by atoms with Crippen LogP contribution in [0.2, 0.25) is 0 Å². The standard InChI is InChI=1S/C15H17N3O2/c16-13-6-3-10(15(17)19)8-14(13)18(11-4-5-11)9-12-2-1-7-20-12/h1-3,6-8,11H,4-5,9,16H2,(H2,17,19). The van der Waals surface area contributed by atoms with Gasteiger partial charge in [-0.25, -0.2) is 0 Å². The van der Waals surface area contributed by atoms with Crippen molar-refractivity contribution in [1.29, 1.82) is 0 Å². The van der Waals surface area contributed by atoms with Crippen molar-refractivity contribution in [3.63, 3.8) is 0 Å². The van der Waals surface area contributed by atoms with Gasteiger partial charge >= 0.3 is 0 Å². The van der Waals surface area contributed by atoms with Crippen LogP contribution in [0.15, 0.2) is 41.0 Å². The SMILES string of the molecule is NC(=O)c1ccc(N)c(N(Cc2ccco2)C2CC2)c1. The normalized spacial score (nSPS) is 14.2. The van der Waals surface area contributed by atoms with E-state index in [9.17, 15) is 4.79 Å². The van der Waals surface area contributed by atoms with E-state index in [1.807, 2.05) is 12.1 Å². The van der Waals surface area contributed by atoms with Crippen LogP contribution < -0.4 is 16.4 Å². The molecule has 5 nitrogen and oxygen atoms in total. The summed E-state index contributed by atoms with van der Waals surface area (Å²) < 4.78 is 5.41. The quantitative estimate of drug-likeness (QED) is 0.816. The largest absolute Gasteiger partial charge is 0.467 e. The van der Waals surface area contributed by atoms with Crippen LogP contribution in [0.1, 0.15) is 29.0 Å². The predicted molar refractivity (Wildman–Crippen MR) is 77.3 cm³/mol. The third-order valence-corrected chi connectivity index (χ3v) is 3.52. The van der Waals surface area contributed by atoms with Crippen LogP contribution >= 0.6 is 0 Å². The number of primary amides is 1. The minimum Gasteiger partial charge on any atom is -0.467 e. The van der Waals surface area contributed by atoms with Crippen LogP contribution in [0, 0.1) is 0 Å². The summed E-state index contributed by atoms with van der Waals surface area (Å²) in [5, 5.41) is 0. The van der Waals surface area contributed by atoms with Crippen LogP contribution in [-0.2, 0) is 6.54 Å². The Hall–Kier alpha value is -2.43. The number of hydrogen-bond acceptors (Lipinski definition) is 4. The van der Waals surface area contributed by atoms with Crippen molar-refractivity contribution in [3.05, 3.63) is 47.9 Å². The number of furan rings is 1. The summed E-state index contributed by atoms with van der Waals surface area (Å²) in [7, 11) is 0. The molecule has 3 rings (SSSR count). The van der Waals surface area contributed by atoms with E-state index in [-0.39, 0.29) is 0 Å². The molecule has 0 bridgehead atoms. The number of carbonyl (C=O) groups is 1. The number of nitrogen functional groups attached to an aromatic ring is 1. The number of hydrogen-bond donors (Lipinski definition) is 2. The van der Waals surface area contributed by atoms with E-state index in [1.165, 1.54) is 0 Å². The molecule has 0 spiro atoms. The summed E-state index contributed by atoms with van der Waals surface area (Å²) in [5.74, 6) is 0.431. The molecular weight excluding hydrogens is 254 g/mol. The third kappa shape index (κ3) is 2.47. The first kappa shape index (κ1) is 12.6. The highest BCUT2D eigenvalue weighted by Gasteiger charge is 2.31. The van der Waals surface area contributed by atoms with Gasteiger partial charge in [0.05, 0.1) is 24.2 Å². The fourth-order valence-corrected chi connectivity index (χ4v) is 2.31. The van der Waals surface area contributed by atoms with Crippen molar-refractivity contribution >= 4 is 17.3 Å². The number of nitrogens with two attached hydrogens (primary N) is 2. The summed E-state index contributed by atoms with van der Waals surface area (Å²) in [5.41, 5.74) is 13.4. The number of nitrogens with zero attached hydrogens (tertiary/aromatic N) is 1. The lowest BCUT2D eigenvalue weighted by Crippen LogP contribution is -2.26. The minimum absolute atomic E-state index is 0.444. The molecule has 0 saturated heterocycles. The van der Waals surface area contributed by atoms with Gasteiger partial charge in [-0.3, -0.25) is 4.79 Å². The lowest BCUT2D eigenvalue weighted by atomic mass is 10.1. The molecule has 1 aromatic carbocycles. The van der Waals surface area contributed by atoms with Gasteiger partial charge < -0.3 is 20.8 Å². The van der Waals surface area contributed by atoms with Crippen LogP contribution in [-0.4, -0.2) is 11.9 Å². The topological polar surface area (TPSA) is 85.5 Å². The van der Waals surface area contributed by atoms with Crippen molar-refractivity contribution in [2.75, 3.05) is 10.6 Å². The third-order valence-electron chi connectivity index (χ3n) is 3.52. The Morgan fingerprint density at radius 2 is 2.15 bits per heavy atom. The van der Waals surface area contributed by atoms with E-state index in [1.54, 1.807) is 24.5 Å². The summed E-state index contributed by atoms with van der Waals surface area (Å²) >= 11 is 0. The smallest absolute Gasteiger partial charge is 0.248 e. The van der Waals surface area contributed by atoms with E-state index < -0.39 is 5.91 Å². The molecule has 0 unspecified atom stereocenters. The zero-order valence-electron chi connectivity index (χ0n) is 11.1. The number of carbonyl (C=O) groups excluding carboxylic acids is 1. The Morgan fingerprint density at radius 1 is 1.35 bits per heavy atom. The highest BCUT2D eigenvalue weighted by atomic mass is 16.3. The minimum atomic E-state index is -0.444. The first-order valence-corrected chi connectivity index (χ1v) is 6.63. The zero-order valence-corrected chi connectivity index (χ0v) is 11.1. The lowest BCUT2D eigenvalue weighted by molar-refractivity contribution is 0.100. The van der Waals surface area contributed by atoms with Gasteiger partial charge in [-0.1, -0.05) is 0 Å². The van der Waals surface area contributed by atoms with Gasteiger partial charge in [0, 0.05) is 11.6 Å². The summed E-state index contributed by atoms with van der Waals surface area (Å²) in [6, 6.07) is 9.39. The first-order valence-electron chi connectivity index (χ1n) is 6.63. The van der Waals surface area contributed by atoms with E-state index in [0.29, 0.717) is 23.8 Å². The number of anilines is 2.